The Morgan fingerprint density at radius 2 is 1.67 bits per heavy atom. The van der Waals surface area contributed by atoms with Crippen LogP contribution >= 0.6 is 0 Å². The lowest BCUT2D eigenvalue weighted by atomic mass is 9.61. The number of nitrogens with two attached hydrogens (primary N) is 1. The first-order valence-corrected chi connectivity index (χ1v) is 8.55. The molecule has 1 unspecified atom stereocenters. The number of carbonyl (C=O) groups is 1. The first-order chi connectivity index (χ1) is 10.9. The fraction of sp³-hybridized carbons (Fsp3) is 0.650. The zero-order valence-corrected chi connectivity index (χ0v) is 15.9. The number of benzene rings is 1. The van der Waals surface area contributed by atoms with Crippen molar-refractivity contribution in [3.05, 3.63) is 35.9 Å². The van der Waals surface area contributed by atoms with Gasteiger partial charge in [0, 0.05) is 11.5 Å². The van der Waals surface area contributed by atoms with E-state index < -0.39 is 11.0 Å². The molecule has 0 aromatic heterocycles. The van der Waals surface area contributed by atoms with Crippen molar-refractivity contribution in [2.24, 2.45) is 16.6 Å². The van der Waals surface area contributed by atoms with Crippen molar-refractivity contribution in [3.8, 4) is 0 Å². The van der Waals surface area contributed by atoms with Crippen LogP contribution in [-0.2, 0) is 9.53 Å². The van der Waals surface area contributed by atoms with Gasteiger partial charge in [-0.25, -0.2) is 0 Å². The van der Waals surface area contributed by atoms with Crippen LogP contribution in [0, 0.1) is 10.8 Å². The Morgan fingerprint density at radius 1 is 1.12 bits per heavy atom. The quantitative estimate of drug-likeness (QED) is 0.713. The first-order valence-electron chi connectivity index (χ1n) is 8.55. The summed E-state index contributed by atoms with van der Waals surface area (Å²) in [6.45, 7) is 11.9. The molecule has 3 N–H and O–H groups in total. The molecule has 0 aliphatic heterocycles. The molecule has 0 bridgehead atoms. The lowest BCUT2D eigenvalue weighted by Gasteiger charge is -2.44. The fourth-order valence-corrected chi connectivity index (χ4v) is 2.86. The van der Waals surface area contributed by atoms with Gasteiger partial charge in [0.1, 0.15) is 6.61 Å². The molecule has 0 saturated carbocycles. The minimum absolute atomic E-state index is 0.0306. The zero-order chi connectivity index (χ0) is 18.6. The summed E-state index contributed by atoms with van der Waals surface area (Å²) in [5.74, 6) is -0.179. The molecule has 1 aromatic rings. The Bertz CT molecular complexity index is 530. The molecule has 0 aliphatic carbocycles. The fourth-order valence-electron chi connectivity index (χ4n) is 2.86. The highest BCUT2D eigenvalue weighted by Gasteiger charge is 2.47. The Hall–Kier alpha value is -1.39. The second-order valence-electron chi connectivity index (χ2n) is 8.36. The maximum absolute atomic E-state index is 12.5. The van der Waals surface area contributed by atoms with E-state index in [1.54, 1.807) is 0 Å². The summed E-state index contributed by atoms with van der Waals surface area (Å²) in [5, 5.41) is 8.89. The Kier molecular flexibility index (Phi) is 6.59. The molecule has 4 heteroatoms. The van der Waals surface area contributed by atoms with E-state index in [2.05, 4.69) is 26.0 Å². The number of aliphatic hydroxyl groups is 1. The number of rotatable bonds is 8. The lowest BCUT2D eigenvalue weighted by molar-refractivity contribution is -0.162. The van der Waals surface area contributed by atoms with Gasteiger partial charge >= 0.3 is 5.97 Å². The highest BCUT2D eigenvalue weighted by Crippen LogP contribution is 2.48. The summed E-state index contributed by atoms with van der Waals surface area (Å²) in [7, 11) is 0. The van der Waals surface area contributed by atoms with Crippen molar-refractivity contribution in [3.63, 3.8) is 0 Å². The third kappa shape index (κ3) is 4.81. The van der Waals surface area contributed by atoms with Crippen molar-refractivity contribution >= 4 is 5.97 Å². The molecular weight excluding hydrogens is 302 g/mol. The minimum Gasteiger partial charge on any atom is -0.463 e. The van der Waals surface area contributed by atoms with Crippen molar-refractivity contribution in [2.45, 2.75) is 59.4 Å². The maximum atomic E-state index is 12.5. The van der Waals surface area contributed by atoms with Gasteiger partial charge in [-0.15, -0.1) is 0 Å². The van der Waals surface area contributed by atoms with Crippen LogP contribution < -0.4 is 5.73 Å². The number of hydrogen-bond donors (Lipinski definition) is 2. The largest absolute Gasteiger partial charge is 0.463 e. The van der Waals surface area contributed by atoms with E-state index in [9.17, 15) is 4.79 Å². The van der Waals surface area contributed by atoms with Crippen LogP contribution in [0.3, 0.4) is 0 Å². The molecular formula is C20H33NO3. The van der Waals surface area contributed by atoms with Gasteiger partial charge in [0.15, 0.2) is 0 Å². The van der Waals surface area contributed by atoms with E-state index in [4.69, 9.17) is 15.6 Å². The summed E-state index contributed by atoms with van der Waals surface area (Å²) < 4.78 is 5.20. The van der Waals surface area contributed by atoms with Crippen LogP contribution in [0.5, 0.6) is 0 Å². The Morgan fingerprint density at radius 3 is 2.12 bits per heavy atom. The number of ether oxygens (including phenoxy) is 1. The molecule has 4 nitrogen and oxygen atoms in total. The predicted octanol–water partition coefficient (Wildman–Crippen LogP) is 3.49. The SMILES string of the molecule is CC(C)(N)C(CC(C)(C)C(C)(C)C(=O)OCCO)c1ccccc1. The monoisotopic (exact) mass is 335 g/mol. The summed E-state index contributed by atoms with van der Waals surface area (Å²) in [6, 6.07) is 10.2. The third-order valence-electron chi connectivity index (χ3n) is 5.34. The summed E-state index contributed by atoms with van der Waals surface area (Å²) in [6.07, 6.45) is 0.752. The average Bonchev–Trinajstić information content (AvgIpc) is 2.49. The second kappa shape index (κ2) is 7.66. The van der Waals surface area contributed by atoms with Gasteiger partial charge in [0.2, 0.25) is 0 Å². The zero-order valence-electron chi connectivity index (χ0n) is 15.9. The van der Waals surface area contributed by atoms with Gasteiger partial charge in [0.05, 0.1) is 12.0 Å². The molecule has 0 amide bonds. The maximum Gasteiger partial charge on any atom is 0.312 e. The summed E-state index contributed by atoms with van der Waals surface area (Å²) >= 11 is 0. The van der Waals surface area contributed by atoms with Gasteiger partial charge in [-0.2, -0.15) is 0 Å². The molecule has 0 radical (unpaired) electrons. The average molecular weight is 335 g/mol. The highest BCUT2D eigenvalue weighted by molar-refractivity contribution is 5.77. The normalized spacial score (nSPS) is 14.3. The number of esters is 1. The van der Waals surface area contributed by atoms with Crippen molar-refractivity contribution in [1.82, 2.24) is 0 Å². The first kappa shape index (κ1) is 20.7. The van der Waals surface area contributed by atoms with Crippen molar-refractivity contribution in [1.29, 1.82) is 0 Å². The Balaban J connectivity index is 3.09. The van der Waals surface area contributed by atoms with E-state index in [0.717, 1.165) is 6.42 Å². The molecule has 24 heavy (non-hydrogen) atoms. The molecule has 0 spiro atoms. The van der Waals surface area contributed by atoms with Crippen LogP contribution in [0.15, 0.2) is 30.3 Å². The van der Waals surface area contributed by atoms with Gasteiger partial charge in [-0.3, -0.25) is 4.79 Å². The van der Waals surface area contributed by atoms with E-state index in [1.165, 1.54) is 5.56 Å². The molecule has 1 aromatic carbocycles. The molecule has 0 fully saturated rings. The van der Waals surface area contributed by atoms with Crippen LogP contribution in [0.4, 0.5) is 0 Å². The van der Waals surface area contributed by atoms with E-state index in [-0.39, 0.29) is 30.5 Å². The number of carbonyl (C=O) groups excluding carboxylic acids is 1. The molecule has 136 valence electrons. The van der Waals surface area contributed by atoms with Gasteiger partial charge < -0.3 is 15.6 Å². The van der Waals surface area contributed by atoms with Crippen molar-refractivity contribution < 1.29 is 14.6 Å². The van der Waals surface area contributed by atoms with E-state index >= 15 is 0 Å². The van der Waals surface area contributed by atoms with Gasteiger partial charge in [-0.1, -0.05) is 44.2 Å². The predicted molar refractivity (Wildman–Crippen MR) is 97.7 cm³/mol. The minimum atomic E-state index is -0.694. The second-order valence-corrected chi connectivity index (χ2v) is 8.36. The third-order valence-corrected chi connectivity index (χ3v) is 5.34. The van der Waals surface area contributed by atoms with Crippen molar-refractivity contribution in [2.75, 3.05) is 13.2 Å². The summed E-state index contributed by atoms with van der Waals surface area (Å²) in [5.41, 5.74) is 6.20. The molecule has 0 saturated heterocycles. The van der Waals surface area contributed by atoms with Gasteiger partial charge in [-0.05, 0) is 45.1 Å². The molecule has 0 aliphatic rings. The van der Waals surface area contributed by atoms with Crippen LogP contribution in [0.25, 0.3) is 0 Å². The van der Waals surface area contributed by atoms with Crippen LogP contribution in [0.1, 0.15) is 59.4 Å². The number of hydrogen-bond acceptors (Lipinski definition) is 4. The number of aliphatic hydroxyl groups excluding tert-OH is 1. The van der Waals surface area contributed by atoms with Crippen LogP contribution in [-0.4, -0.2) is 29.8 Å². The van der Waals surface area contributed by atoms with Crippen LogP contribution in [0.2, 0.25) is 0 Å². The summed E-state index contributed by atoms with van der Waals surface area (Å²) in [4.78, 5) is 12.5. The standard InChI is InChI=1S/C20H33NO3/c1-18(2,19(3,4)17(23)24-13-12-22)14-16(20(5,6)21)15-10-8-7-9-11-15/h7-11,16,22H,12-14,21H2,1-6H3. The molecule has 1 rings (SSSR count). The van der Waals surface area contributed by atoms with E-state index in [0.29, 0.717) is 0 Å². The topological polar surface area (TPSA) is 72.6 Å². The highest BCUT2D eigenvalue weighted by atomic mass is 16.5. The lowest BCUT2D eigenvalue weighted by Crippen LogP contribution is -2.47. The molecule has 0 heterocycles. The van der Waals surface area contributed by atoms with E-state index in [1.807, 2.05) is 45.9 Å². The Labute approximate surface area is 146 Å². The molecule has 1 atom stereocenters. The van der Waals surface area contributed by atoms with Gasteiger partial charge in [0.25, 0.3) is 0 Å². The smallest absolute Gasteiger partial charge is 0.312 e.